The molecule has 84 valence electrons. The molecule has 15 heavy (non-hydrogen) atoms. The Kier molecular flexibility index (Phi) is 2.95. The highest BCUT2D eigenvalue weighted by atomic mass is 15.3. The molecule has 0 atom stereocenters. The second kappa shape index (κ2) is 4.23. The summed E-state index contributed by atoms with van der Waals surface area (Å²) in [5.41, 5.74) is 6.44. The van der Waals surface area contributed by atoms with E-state index in [1.807, 2.05) is 10.9 Å². The highest BCUT2D eigenvalue weighted by Crippen LogP contribution is 2.29. The first kappa shape index (κ1) is 10.5. The van der Waals surface area contributed by atoms with Crippen LogP contribution in [0, 0.1) is 0 Å². The average Bonchev–Trinajstić information content (AvgIpc) is 2.65. The van der Waals surface area contributed by atoms with Gasteiger partial charge in [-0.15, -0.1) is 0 Å². The van der Waals surface area contributed by atoms with Crippen LogP contribution in [0.3, 0.4) is 0 Å². The lowest BCUT2D eigenvalue weighted by Crippen LogP contribution is -2.32. The molecular weight excluding hydrogens is 188 g/mol. The molecule has 4 nitrogen and oxygen atoms in total. The monoisotopic (exact) mass is 208 g/mol. The molecule has 1 saturated carbocycles. The summed E-state index contributed by atoms with van der Waals surface area (Å²) in [6.07, 6.45) is 8.63. The molecule has 2 rings (SSSR count). The van der Waals surface area contributed by atoms with Gasteiger partial charge in [0.25, 0.3) is 0 Å². The van der Waals surface area contributed by atoms with Crippen molar-refractivity contribution < 1.29 is 0 Å². The van der Waals surface area contributed by atoms with Gasteiger partial charge >= 0.3 is 0 Å². The van der Waals surface area contributed by atoms with Crippen molar-refractivity contribution in [2.24, 2.45) is 0 Å². The van der Waals surface area contributed by atoms with Crippen molar-refractivity contribution in [3.05, 3.63) is 12.4 Å². The van der Waals surface area contributed by atoms with Gasteiger partial charge in [0.05, 0.1) is 17.9 Å². The average molecular weight is 208 g/mol. The summed E-state index contributed by atoms with van der Waals surface area (Å²) in [6, 6.07) is 1.30. The quantitative estimate of drug-likeness (QED) is 0.801. The molecular formula is C11H20N4. The Bertz CT molecular complexity index is 310. The predicted molar refractivity (Wildman–Crippen MR) is 61.6 cm³/mol. The minimum atomic E-state index is 0.554. The maximum Gasteiger partial charge on any atom is 0.0719 e. The van der Waals surface area contributed by atoms with Crippen molar-refractivity contribution in [1.29, 1.82) is 0 Å². The predicted octanol–water partition coefficient (Wildman–Crippen LogP) is 1.51. The fraction of sp³-hybridized carbons (Fsp3) is 0.727. The van der Waals surface area contributed by atoms with Crippen LogP contribution in [0.1, 0.15) is 31.7 Å². The van der Waals surface area contributed by atoms with Crippen LogP contribution < -0.4 is 5.73 Å². The number of aromatic nitrogens is 2. The normalized spacial score (nSPS) is 27.1. The first-order valence-electron chi connectivity index (χ1n) is 5.63. The van der Waals surface area contributed by atoms with Gasteiger partial charge in [-0.3, -0.25) is 4.68 Å². The van der Waals surface area contributed by atoms with Crippen LogP contribution in [-0.2, 0) is 0 Å². The van der Waals surface area contributed by atoms with Crippen molar-refractivity contribution in [2.45, 2.75) is 37.8 Å². The molecule has 1 aromatic rings. The fourth-order valence-corrected chi connectivity index (χ4v) is 2.39. The highest BCUT2D eigenvalue weighted by molar-refractivity contribution is 5.30. The van der Waals surface area contributed by atoms with Gasteiger partial charge < -0.3 is 10.6 Å². The van der Waals surface area contributed by atoms with E-state index in [0.29, 0.717) is 6.04 Å². The maximum atomic E-state index is 5.67. The van der Waals surface area contributed by atoms with Crippen molar-refractivity contribution in [3.8, 4) is 0 Å². The molecule has 1 fully saturated rings. The van der Waals surface area contributed by atoms with E-state index in [4.69, 9.17) is 5.73 Å². The van der Waals surface area contributed by atoms with Crippen molar-refractivity contribution >= 4 is 5.69 Å². The van der Waals surface area contributed by atoms with E-state index < -0.39 is 0 Å². The van der Waals surface area contributed by atoms with Crippen molar-refractivity contribution in [1.82, 2.24) is 14.7 Å². The largest absolute Gasteiger partial charge is 0.396 e. The van der Waals surface area contributed by atoms with Gasteiger partial charge in [0.15, 0.2) is 0 Å². The molecule has 1 aromatic heterocycles. The van der Waals surface area contributed by atoms with E-state index in [9.17, 15) is 0 Å². The second-order valence-corrected chi connectivity index (χ2v) is 4.68. The van der Waals surface area contributed by atoms with E-state index >= 15 is 0 Å². The van der Waals surface area contributed by atoms with Gasteiger partial charge in [0.2, 0.25) is 0 Å². The molecule has 0 amide bonds. The summed E-state index contributed by atoms with van der Waals surface area (Å²) < 4.78 is 2.03. The lowest BCUT2D eigenvalue weighted by molar-refractivity contribution is 0.189. The van der Waals surface area contributed by atoms with Crippen LogP contribution in [-0.4, -0.2) is 34.8 Å². The topological polar surface area (TPSA) is 47.1 Å². The lowest BCUT2D eigenvalue weighted by Gasteiger charge is -2.32. The summed E-state index contributed by atoms with van der Waals surface area (Å²) in [4.78, 5) is 2.33. The van der Waals surface area contributed by atoms with E-state index in [-0.39, 0.29) is 0 Å². The molecule has 0 aromatic carbocycles. The van der Waals surface area contributed by atoms with Gasteiger partial charge in [-0.1, -0.05) is 0 Å². The zero-order chi connectivity index (χ0) is 10.8. The maximum absolute atomic E-state index is 5.67. The lowest BCUT2D eigenvalue weighted by atomic mass is 9.91. The molecule has 0 saturated heterocycles. The Balaban J connectivity index is 1.93. The van der Waals surface area contributed by atoms with E-state index in [0.717, 1.165) is 11.7 Å². The van der Waals surface area contributed by atoms with E-state index in [1.165, 1.54) is 25.7 Å². The SMILES string of the molecule is CN(C)C1CCC(n2cc(N)cn2)CC1. The van der Waals surface area contributed by atoms with Crippen LogP contribution in [0.5, 0.6) is 0 Å². The van der Waals surface area contributed by atoms with Crippen LogP contribution in [0.15, 0.2) is 12.4 Å². The summed E-state index contributed by atoms with van der Waals surface area (Å²) in [5.74, 6) is 0. The standard InChI is InChI=1S/C11H20N4/c1-14(2)10-3-5-11(6-4-10)15-8-9(12)7-13-15/h7-8,10-11H,3-6,12H2,1-2H3. The first-order valence-corrected chi connectivity index (χ1v) is 5.63. The Labute approximate surface area is 91.1 Å². The van der Waals surface area contributed by atoms with Gasteiger partial charge in [-0.05, 0) is 39.8 Å². The third-order valence-corrected chi connectivity index (χ3v) is 3.39. The van der Waals surface area contributed by atoms with Crippen molar-refractivity contribution in [2.75, 3.05) is 19.8 Å². The van der Waals surface area contributed by atoms with Gasteiger partial charge in [0.1, 0.15) is 0 Å². The van der Waals surface area contributed by atoms with Gasteiger partial charge in [0, 0.05) is 12.2 Å². The third kappa shape index (κ3) is 2.31. The minimum absolute atomic E-state index is 0.554. The Hall–Kier alpha value is -1.03. The zero-order valence-electron chi connectivity index (χ0n) is 9.56. The van der Waals surface area contributed by atoms with Crippen molar-refractivity contribution in [3.63, 3.8) is 0 Å². The second-order valence-electron chi connectivity index (χ2n) is 4.68. The van der Waals surface area contributed by atoms with Crippen LogP contribution >= 0.6 is 0 Å². The number of anilines is 1. The molecule has 2 N–H and O–H groups in total. The summed E-state index contributed by atoms with van der Waals surface area (Å²) in [7, 11) is 4.33. The molecule has 4 heteroatoms. The number of nitrogen functional groups attached to an aromatic ring is 1. The highest BCUT2D eigenvalue weighted by Gasteiger charge is 2.23. The first-order chi connectivity index (χ1) is 7.16. The number of nitrogens with two attached hydrogens (primary N) is 1. The van der Waals surface area contributed by atoms with Gasteiger partial charge in [-0.2, -0.15) is 5.10 Å². The van der Waals surface area contributed by atoms with Gasteiger partial charge in [-0.25, -0.2) is 0 Å². The molecule has 0 unspecified atom stereocenters. The molecule has 0 spiro atoms. The number of rotatable bonds is 2. The molecule has 1 aliphatic rings. The number of hydrogen-bond acceptors (Lipinski definition) is 3. The number of nitrogens with zero attached hydrogens (tertiary/aromatic N) is 3. The van der Waals surface area contributed by atoms with Crippen LogP contribution in [0.25, 0.3) is 0 Å². The Morgan fingerprint density at radius 2 is 2.00 bits per heavy atom. The number of hydrogen-bond donors (Lipinski definition) is 1. The summed E-state index contributed by atoms with van der Waals surface area (Å²) in [5, 5.41) is 4.29. The minimum Gasteiger partial charge on any atom is -0.396 e. The summed E-state index contributed by atoms with van der Waals surface area (Å²) >= 11 is 0. The third-order valence-electron chi connectivity index (χ3n) is 3.39. The van der Waals surface area contributed by atoms with E-state index in [1.54, 1.807) is 6.20 Å². The van der Waals surface area contributed by atoms with Crippen LogP contribution in [0.2, 0.25) is 0 Å². The summed E-state index contributed by atoms with van der Waals surface area (Å²) in [6.45, 7) is 0. The zero-order valence-corrected chi connectivity index (χ0v) is 9.56. The smallest absolute Gasteiger partial charge is 0.0719 e. The molecule has 0 radical (unpaired) electrons. The molecule has 0 aliphatic heterocycles. The molecule has 1 aliphatic carbocycles. The van der Waals surface area contributed by atoms with Crippen LogP contribution in [0.4, 0.5) is 5.69 Å². The fourth-order valence-electron chi connectivity index (χ4n) is 2.39. The Morgan fingerprint density at radius 1 is 1.33 bits per heavy atom. The molecule has 0 bridgehead atoms. The molecule has 1 heterocycles. The van der Waals surface area contributed by atoms with E-state index in [2.05, 4.69) is 24.1 Å². The Morgan fingerprint density at radius 3 is 2.47 bits per heavy atom.